The minimum Gasteiger partial charge on any atom is -0.494 e. The number of carbonyl (C=O) groups excluding carboxylic acids is 1. The zero-order chi connectivity index (χ0) is 24.4. The highest BCUT2D eigenvalue weighted by Crippen LogP contribution is 2.44. The molecule has 3 aromatic rings. The Bertz CT molecular complexity index is 1210. The van der Waals surface area contributed by atoms with Crippen LogP contribution in [0.25, 0.3) is 0 Å². The average molecular weight is 478 g/mol. The molecule has 0 bridgehead atoms. The third kappa shape index (κ3) is 4.25. The molecule has 2 aromatic heterocycles. The van der Waals surface area contributed by atoms with Crippen LogP contribution in [0.15, 0.2) is 48.7 Å². The lowest BCUT2D eigenvalue weighted by Crippen LogP contribution is -2.29. The van der Waals surface area contributed by atoms with E-state index in [1.807, 2.05) is 49.5 Å². The number of methoxy groups -OCH3 is 1. The molecule has 0 radical (unpaired) electrons. The van der Waals surface area contributed by atoms with Crippen molar-refractivity contribution >= 4 is 34.6 Å². The molecular formula is C26H31N5O2S. The first-order valence-corrected chi connectivity index (χ1v) is 12.0. The second-order valence-electron chi connectivity index (χ2n) is 8.35. The van der Waals surface area contributed by atoms with Gasteiger partial charge in [0.1, 0.15) is 5.75 Å². The topological polar surface area (TPSA) is 71.4 Å². The Morgan fingerprint density at radius 2 is 2.00 bits per heavy atom. The van der Waals surface area contributed by atoms with Gasteiger partial charge >= 0.3 is 0 Å². The van der Waals surface area contributed by atoms with Crippen LogP contribution in [0.1, 0.15) is 55.0 Å². The molecule has 8 heteroatoms. The molecule has 1 fully saturated rings. The minimum atomic E-state index is -0.120. The number of ether oxygens (including phenoxy) is 1. The number of hydrogen-bond donors (Lipinski definition) is 2. The highest BCUT2D eigenvalue weighted by molar-refractivity contribution is 7.80. The SMILES string of the molecule is CCC(=O)Nc1ccc(N2C(=S)NC(c3ccccn3)C2c2cc(C)n(CC)c2C)cc1OC. The number of nitrogens with zero attached hydrogens (tertiary/aromatic N) is 3. The maximum Gasteiger partial charge on any atom is 0.224 e. The van der Waals surface area contributed by atoms with Crippen molar-refractivity contribution < 1.29 is 9.53 Å². The van der Waals surface area contributed by atoms with Crippen LogP contribution in [-0.4, -0.2) is 27.7 Å². The van der Waals surface area contributed by atoms with E-state index in [2.05, 4.69) is 51.9 Å². The molecule has 3 heterocycles. The van der Waals surface area contributed by atoms with Crippen LogP contribution < -0.4 is 20.3 Å². The van der Waals surface area contributed by atoms with E-state index < -0.39 is 0 Å². The number of rotatable bonds is 7. The molecule has 0 spiro atoms. The number of nitrogens with one attached hydrogen (secondary N) is 2. The van der Waals surface area contributed by atoms with Gasteiger partial charge in [-0.3, -0.25) is 9.78 Å². The number of anilines is 2. The van der Waals surface area contributed by atoms with Crippen molar-refractivity contribution in [3.63, 3.8) is 0 Å². The second-order valence-corrected chi connectivity index (χ2v) is 8.74. The van der Waals surface area contributed by atoms with Gasteiger partial charge in [0.05, 0.1) is 30.6 Å². The first-order valence-electron chi connectivity index (χ1n) is 11.5. The molecule has 2 atom stereocenters. The molecule has 2 N–H and O–H groups in total. The summed E-state index contributed by atoms with van der Waals surface area (Å²) in [6.45, 7) is 9.17. The van der Waals surface area contributed by atoms with Crippen LogP contribution in [0, 0.1) is 13.8 Å². The lowest BCUT2D eigenvalue weighted by molar-refractivity contribution is -0.115. The van der Waals surface area contributed by atoms with Crippen molar-refractivity contribution in [2.24, 2.45) is 0 Å². The molecule has 0 aliphatic carbocycles. The maximum atomic E-state index is 12.0. The van der Waals surface area contributed by atoms with Gasteiger partial charge in [-0.2, -0.15) is 0 Å². The summed E-state index contributed by atoms with van der Waals surface area (Å²) < 4.78 is 7.94. The summed E-state index contributed by atoms with van der Waals surface area (Å²) >= 11 is 5.86. The summed E-state index contributed by atoms with van der Waals surface area (Å²) in [6, 6.07) is 13.7. The van der Waals surface area contributed by atoms with Crippen molar-refractivity contribution in [3.05, 3.63) is 71.3 Å². The van der Waals surface area contributed by atoms with E-state index in [1.165, 1.54) is 17.0 Å². The Morgan fingerprint density at radius 1 is 1.21 bits per heavy atom. The Hall–Kier alpha value is -3.39. The molecule has 2 unspecified atom stereocenters. The van der Waals surface area contributed by atoms with Gasteiger partial charge in [0.25, 0.3) is 0 Å². The number of benzene rings is 1. The van der Waals surface area contributed by atoms with E-state index in [0.29, 0.717) is 23.0 Å². The van der Waals surface area contributed by atoms with Gasteiger partial charge in [0, 0.05) is 42.3 Å². The third-order valence-corrected chi connectivity index (χ3v) is 6.72. The maximum absolute atomic E-state index is 12.0. The van der Waals surface area contributed by atoms with E-state index >= 15 is 0 Å². The summed E-state index contributed by atoms with van der Waals surface area (Å²) in [5.74, 6) is 0.519. The lowest BCUT2D eigenvalue weighted by atomic mass is 9.96. The monoisotopic (exact) mass is 477 g/mol. The Kier molecular flexibility index (Phi) is 6.88. The summed E-state index contributed by atoms with van der Waals surface area (Å²) in [4.78, 5) is 18.7. The van der Waals surface area contributed by atoms with E-state index in [9.17, 15) is 4.79 Å². The first kappa shape index (κ1) is 23.8. The fourth-order valence-corrected chi connectivity index (χ4v) is 5.08. The van der Waals surface area contributed by atoms with Crippen molar-refractivity contribution in [1.29, 1.82) is 0 Å². The Balaban J connectivity index is 1.83. The first-order chi connectivity index (χ1) is 16.4. The van der Waals surface area contributed by atoms with Crippen molar-refractivity contribution in [2.45, 2.75) is 52.7 Å². The number of pyridine rings is 1. The molecular weight excluding hydrogens is 446 g/mol. The summed E-state index contributed by atoms with van der Waals surface area (Å²) in [5, 5.41) is 7.03. The van der Waals surface area contributed by atoms with E-state index in [0.717, 1.165) is 17.9 Å². The third-order valence-electron chi connectivity index (χ3n) is 6.40. The number of aryl methyl sites for hydroxylation is 1. The summed E-state index contributed by atoms with van der Waals surface area (Å²) in [5.41, 5.74) is 6.07. The fourth-order valence-electron chi connectivity index (χ4n) is 4.73. The van der Waals surface area contributed by atoms with E-state index in [-0.39, 0.29) is 18.0 Å². The van der Waals surface area contributed by atoms with Crippen LogP contribution in [0.2, 0.25) is 0 Å². The fraction of sp³-hybridized carbons (Fsp3) is 0.346. The van der Waals surface area contributed by atoms with Crippen molar-refractivity contribution in [2.75, 3.05) is 17.3 Å². The molecule has 178 valence electrons. The molecule has 7 nitrogen and oxygen atoms in total. The lowest BCUT2D eigenvalue weighted by Gasteiger charge is -2.28. The van der Waals surface area contributed by atoms with Crippen molar-refractivity contribution in [3.8, 4) is 5.75 Å². The Morgan fingerprint density at radius 3 is 2.62 bits per heavy atom. The van der Waals surface area contributed by atoms with Crippen LogP contribution in [0.4, 0.5) is 11.4 Å². The van der Waals surface area contributed by atoms with Gasteiger partial charge in [-0.15, -0.1) is 0 Å². The minimum absolute atomic E-state index is 0.0653. The number of amides is 1. The average Bonchev–Trinajstić information content (AvgIpc) is 3.34. The molecule has 1 amide bonds. The summed E-state index contributed by atoms with van der Waals surface area (Å²) in [6.07, 6.45) is 2.20. The highest BCUT2D eigenvalue weighted by Gasteiger charge is 2.42. The van der Waals surface area contributed by atoms with Crippen LogP contribution in [0.5, 0.6) is 5.75 Å². The second kappa shape index (κ2) is 9.85. The van der Waals surface area contributed by atoms with Gasteiger partial charge in [-0.1, -0.05) is 13.0 Å². The predicted octanol–water partition coefficient (Wildman–Crippen LogP) is 5.05. The van der Waals surface area contributed by atoms with E-state index in [4.69, 9.17) is 17.0 Å². The van der Waals surface area contributed by atoms with Gasteiger partial charge in [0.15, 0.2) is 5.11 Å². The zero-order valence-corrected chi connectivity index (χ0v) is 21.1. The number of carbonyl (C=O) groups is 1. The van der Waals surface area contributed by atoms with Gasteiger partial charge in [-0.05, 0) is 68.9 Å². The van der Waals surface area contributed by atoms with Gasteiger partial charge in [-0.25, -0.2) is 0 Å². The number of thiocarbonyl (C=S) groups is 1. The van der Waals surface area contributed by atoms with Crippen LogP contribution in [0.3, 0.4) is 0 Å². The largest absolute Gasteiger partial charge is 0.494 e. The molecule has 34 heavy (non-hydrogen) atoms. The van der Waals surface area contributed by atoms with Gasteiger partial charge < -0.3 is 24.8 Å². The standard InChI is InChI=1S/C26H31N5O2S/c1-6-23(32)28-20-12-11-18(15-22(20)33-5)31-25(19-14-16(3)30(7-2)17(19)4)24(29-26(31)34)21-10-8-9-13-27-21/h8-15,24-25H,6-7H2,1-5H3,(H,28,32)(H,29,34). The smallest absolute Gasteiger partial charge is 0.224 e. The van der Waals surface area contributed by atoms with E-state index in [1.54, 1.807) is 7.11 Å². The number of hydrogen-bond acceptors (Lipinski definition) is 4. The molecule has 0 saturated carbocycles. The molecule has 1 saturated heterocycles. The molecule has 1 aliphatic heterocycles. The molecule has 1 aromatic carbocycles. The zero-order valence-electron chi connectivity index (χ0n) is 20.3. The van der Waals surface area contributed by atoms with Crippen molar-refractivity contribution in [1.82, 2.24) is 14.9 Å². The summed E-state index contributed by atoms with van der Waals surface area (Å²) in [7, 11) is 1.60. The quantitative estimate of drug-likeness (QED) is 0.464. The normalized spacial score (nSPS) is 17.6. The van der Waals surface area contributed by atoms with Crippen LogP contribution in [-0.2, 0) is 11.3 Å². The highest BCUT2D eigenvalue weighted by atomic mass is 32.1. The Labute approximate surface area is 206 Å². The molecule has 1 aliphatic rings. The number of aromatic nitrogens is 2. The predicted molar refractivity (Wildman–Crippen MR) is 139 cm³/mol. The van der Waals surface area contributed by atoms with Gasteiger partial charge in [0.2, 0.25) is 5.91 Å². The van der Waals surface area contributed by atoms with Crippen LogP contribution >= 0.6 is 12.2 Å². The molecule has 4 rings (SSSR count).